The van der Waals surface area contributed by atoms with Crippen molar-refractivity contribution in [1.82, 2.24) is 10.6 Å². The Hall–Kier alpha value is -1.49. The molecule has 1 amide bonds. The van der Waals surface area contributed by atoms with E-state index in [0.29, 0.717) is 12.1 Å². The van der Waals surface area contributed by atoms with Gasteiger partial charge in [0.25, 0.3) is 0 Å². The fraction of sp³-hybridized carbons (Fsp3) is 0.722. The van der Waals surface area contributed by atoms with E-state index in [2.05, 4.69) is 16.7 Å². The molecule has 1 aromatic rings. The number of hydrogen-bond donors (Lipinski definition) is 2. The molecular formula is C18H28N2O3. The highest BCUT2D eigenvalue weighted by atomic mass is 16.6. The summed E-state index contributed by atoms with van der Waals surface area (Å²) >= 11 is 0. The van der Waals surface area contributed by atoms with Crippen LogP contribution in [0.25, 0.3) is 0 Å². The Labute approximate surface area is 138 Å². The van der Waals surface area contributed by atoms with Crippen LogP contribution in [0, 0.1) is 0 Å². The third kappa shape index (κ3) is 4.08. The molecule has 0 aromatic carbocycles. The first kappa shape index (κ1) is 16.4. The van der Waals surface area contributed by atoms with Crippen molar-refractivity contribution >= 4 is 6.09 Å². The van der Waals surface area contributed by atoms with Crippen LogP contribution in [0.1, 0.15) is 70.2 Å². The summed E-state index contributed by atoms with van der Waals surface area (Å²) in [4.78, 5) is 12.0. The van der Waals surface area contributed by atoms with Gasteiger partial charge in [0.1, 0.15) is 11.4 Å². The Balaban J connectivity index is 1.59. The number of amides is 1. The number of fused-ring (bicyclic) bond motifs is 1. The molecule has 2 aliphatic rings. The van der Waals surface area contributed by atoms with Crippen molar-refractivity contribution in [2.45, 2.75) is 83.0 Å². The zero-order valence-corrected chi connectivity index (χ0v) is 14.4. The van der Waals surface area contributed by atoms with Gasteiger partial charge in [0, 0.05) is 30.1 Å². The number of rotatable bonds is 3. The quantitative estimate of drug-likeness (QED) is 0.891. The lowest BCUT2D eigenvalue weighted by Gasteiger charge is -2.30. The van der Waals surface area contributed by atoms with Gasteiger partial charge in [-0.1, -0.05) is 0 Å². The Morgan fingerprint density at radius 3 is 2.78 bits per heavy atom. The van der Waals surface area contributed by atoms with Crippen LogP contribution in [0.2, 0.25) is 0 Å². The second-order valence-electron chi connectivity index (χ2n) is 7.70. The standard InChI is InChI=1S/C18H28N2O3/c1-18(2,3)23-17(21)20-15-8-4-7-14(15)19-13-6-5-9-16-12(13)10-11-22-16/h10-11,13-15,19H,4-9H2,1-3H3,(H,20,21). The molecule has 23 heavy (non-hydrogen) atoms. The molecule has 1 heterocycles. The number of alkyl carbamates (subject to hydrolysis) is 1. The van der Waals surface area contributed by atoms with Crippen LogP contribution in [0.15, 0.2) is 16.7 Å². The molecular weight excluding hydrogens is 292 g/mol. The minimum absolute atomic E-state index is 0.141. The van der Waals surface area contributed by atoms with Crippen molar-refractivity contribution in [3.05, 3.63) is 23.7 Å². The third-order valence-electron chi connectivity index (χ3n) is 4.69. The molecule has 1 aromatic heterocycles. The lowest BCUT2D eigenvalue weighted by molar-refractivity contribution is 0.0496. The molecule has 0 radical (unpaired) electrons. The van der Waals surface area contributed by atoms with Crippen molar-refractivity contribution < 1.29 is 13.9 Å². The van der Waals surface area contributed by atoms with E-state index in [0.717, 1.165) is 44.3 Å². The third-order valence-corrected chi connectivity index (χ3v) is 4.69. The van der Waals surface area contributed by atoms with Crippen molar-refractivity contribution in [1.29, 1.82) is 0 Å². The summed E-state index contributed by atoms with van der Waals surface area (Å²) in [5.74, 6) is 1.11. The number of nitrogens with one attached hydrogen (secondary N) is 2. The van der Waals surface area contributed by atoms with Gasteiger partial charge in [-0.2, -0.15) is 0 Å². The minimum atomic E-state index is -0.458. The Morgan fingerprint density at radius 2 is 2.00 bits per heavy atom. The first-order valence-electron chi connectivity index (χ1n) is 8.74. The summed E-state index contributed by atoms with van der Waals surface area (Å²) in [5, 5.41) is 6.79. The second kappa shape index (κ2) is 6.56. The molecule has 3 atom stereocenters. The first-order chi connectivity index (χ1) is 10.9. The molecule has 5 heteroatoms. The van der Waals surface area contributed by atoms with Crippen molar-refractivity contribution in [2.75, 3.05) is 0 Å². The number of hydrogen-bond acceptors (Lipinski definition) is 4. The van der Waals surface area contributed by atoms with E-state index in [9.17, 15) is 4.79 Å². The van der Waals surface area contributed by atoms with Gasteiger partial charge in [-0.3, -0.25) is 0 Å². The van der Waals surface area contributed by atoms with Crippen molar-refractivity contribution in [2.24, 2.45) is 0 Å². The molecule has 2 N–H and O–H groups in total. The second-order valence-corrected chi connectivity index (χ2v) is 7.70. The monoisotopic (exact) mass is 320 g/mol. The Kier molecular flexibility index (Phi) is 4.67. The van der Waals surface area contributed by atoms with E-state index in [1.807, 2.05) is 20.8 Å². The maximum absolute atomic E-state index is 12.0. The van der Waals surface area contributed by atoms with E-state index in [1.165, 1.54) is 5.56 Å². The molecule has 2 aliphatic carbocycles. The summed E-state index contributed by atoms with van der Waals surface area (Å²) in [7, 11) is 0. The van der Waals surface area contributed by atoms with E-state index in [-0.39, 0.29) is 12.1 Å². The number of furan rings is 1. The van der Waals surface area contributed by atoms with Crippen LogP contribution in [0.4, 0.5) is 4.79 Å². The Bertz CT molecular complexity index is 547. The van der Waals surface area contributed by atoms with Crippen LogP contribution in [0.3, 0.4) is 0 Å². The van der Waals surface area contributed by atoms with Crippen LogP contribution in [-0.2, 0) is 11.2 Å². The molecule has 0 saturated heterocycles. The maximum atomic E-state index is 12.0. The lowest BCUT2D eigenvalue weighted by Crippen LogP contribution is -2.49. The van der Waals surface area contributed by atoms with E-state index in [4.69, 9.17) is 9.15 Å². The molecule has 3 rings (SSSR count). The van der Waals surface area contributed by atoms with Crippen LogP contribution < -0.4 is 10.6 Å². The van der Waals surface area contributed by atoms with E-state index in [1.54, 1.807) is 6.26 Å². The van der Waals surface area contributed by atoms with Gasteiger partial charge >= 0.3 is 6.09 Å². The summed E-state index contributed by atoms with van der Waals surface area (Å²) in [6.07, 6.45) is 8.00. The predicted molar refractivity (Wildman–Crippen MR) is 88.3 cm³/mol. The normalized spacial score (nSPS) is 27.5. The topological polar surface area (TPSA) is 63.5 Å². The van der Waals surface area contributed by atoms with E-state index < -0.39 is 5.60 Å². The van der Waals surface area contributed by atoms with Gasteiger partial charge in [0.05, 0.1) is 6.26 Å². The average Bonchev–Trinajstić information content (AvgIpc) is 3.07. The summed E-state index contributed by atoms with van der Waals surface area (Å²) in [5.41, 5.74) is 0.833. The number of ether oxygens (including phenoxy) is 1. The average molecular weight is 320 g/mol. The van der Waals surface area contributed by atoms with Gasteiger partial charge in [0.15, 0.2) is 0 Å². The van der Waals surface area contributed by atoms with Crippen molar-refractivity contribution in [3.8, 4) is 0 Å². The smallest absolute Gasteiger partial charge is 0.407 e. The van der Waals surface area contributed by atoms with Gasteiger partial charge in [-0.15, -0.1) is 0 Å². The highest BCUT2D eigenvalue weighted by Crippen LogP contribution is 2.32. The SMILES string of the molecule is CC(C)(C)OC(=O)NC1CCCC1NC1CCCc2occc21. The molecule has 3 unspecified atom stereocenters. The fourth-order valence-corrected chi connectivity index (χ4v) is 3.71. The lowest BCUT2D eigenvalue weighted by atomic mass is 9.92. The molecule has 0 aliphatic heterocycles. The van der Waals surface area contributed by atoms with Gasteiger partial charge in [0.2, 0.25) is 0 Å². The van der Waals surface area contributed by atoms with E-state index >= 15 is 0 Å². The van der Waals surface area contributed by atoms with Gasteiger partial charge in [-0.05, 0) is 58.9 Å². The molecule has 0 bridgehead atoms. The van der Waals surface area contributed by atoms with Crippen LogP contribution in [-0.4, -0.2) is 23.8 Å². The van der Waals surface area contributed by atoms with Crippen LogP contribution in [0.5, 0.6) is 0 Å². The zero-order chi connectivity index (χ0) is 16.4. The molecule has 0 spiro atoms. The number of aryl methyl sites for hydroxylation is 1. The molecule has 128 valence electrons. The molecule has 1 saturated carbocycles. The predicted octanol–water partition coefficient (Wildman–Crippen LogP) is 3.69. The minimum Gasteiger partial charge on any atom is -0.469 e. The summed E-state index contributed by atoms with van der Waals surface area (Å²) in [6.45, 7) is 5.66. The summed E-state index contributed by atoms with van der Waals surface area (Å²) in [6, 6.07) is 2.86. The first-order valence-corrected chi connectivity index (χ1v) is 8.74. The largest absolute Gasteiger partial charge is 0.469 e. The highest BCUT2D eigenvalue weighted by Gasteiger charge is 2.33. The van der Waals surface area contributed by atoms with Crippen LogP contribution >= 0.6 is 0 Å². The van der Waals surface area contributed by atoms with Crippen molar-refractivity contribution in [3.63, 3.8) is 0 Å². The zero-order valence-electron chi connectivity index (χ0n) is 14.4. The van der Waals surface area contributed by atoms with Gasteiger partial charge < -0.3 is 19.8 Å². The Morgan fingerprint density at radius 1 is 1.22 bits per heavy atom. The maximum Gasteiger partial charge on any atom is 0.407 e. The molecule has 5 nitrogen and oxygen atoms in total. The number of carbonyl (C=O) groups excluding carboxylic acids is 1. The van der Waals surface area contributed by atoms with Gasteiger partial charge in [-0.25, -0.2) is 4.79 Å². The fourth-order valence-electron chi connectivity index (χ4n) is 3.71. The highest BCUT2D eigenvalue weighted by molar-refractivity contribution is 5.68. The summed E-state index contributed by atoms with van der Waals surface area (Å²) < 4.78 is 11.0. The number of carbonyl (C=O) groups is 1. The molecule has 1 fully saturated rings.